The molecule has 0 saturated carbocycles. The van der Waals surface area contributed by atoms with Crippen molar-refractivity contribution >= 4 is 17.5 Å². The van der Waals surface area contributed by atoms with Crippen LogP contribution in [-0.4, -0.2) is 42.5 Å². The van der Waals surface area contributed by atoms with Crippen LogP contribution in [0.15, 0.2) is 24.3 Å². The van der Waals surface area contributed by atoms with Gasteiger partial charge in [0.1, 0.15) is 5.82 Å². The van der Waals surface area contributed by atoms with Crippen molar-refractivity contribution in [1.82, 2.24) is 4.90 Å². The summed E-state index contributed by atoms with van der Waals surface area (Å²) in [5, 5.41) is 2.41. The smallest absolute Gasteiger partial charge is 0.313 e. The zero-order chi connectivity index (χ0) is 14.5. The van der Waals surface area contributed by atoms with Crippen molar-refractivity contribution in [3.05, 3.63) is 30.1 Å². The Hall–Kier alpha value is -1.95. The molecule has 1 atom stereocenters. The van der Waals surface area contributed by atoms with E-state index in [1.807, 2.05) is 6.92 Å². The van der Waals surface area contributed by atoms with Crippen LogP contribution in [0.1, 0.15) is 13.3 Å². The number of benzene rings is 1. The van der Waals surface area contributed by atoms with Crippen LogP contribution in [0.5, 0.6) is 0 Å². The zero-order valence-corrected chi connectivity index (χ0v) is 11.3. The summed E-state index contributed by atoms with van der Waals surface area (Å²) in [6, 6.07) is 5.38. The predicted octanol–water partition coefficient (Wildman–Crippen LogP) is 1.40. The highest BCUT2D eigenvalue weighted by Gasteiger charge is 2.27. The molecular weight excluding hydrogens is 263 g/mol. The molecule has 5 nitrogen and oxygen atoms in total. The average molecular weight is 280 g/mol. The Morgan fingerprint density at radius 2 is 2.20 bits per heavy atom. The molecule has 1 heterocycles. The molecule has 1 aromatic rings. The number of amides is 2. The summed E-state index contributed by atoms with van der Waals surface area (Å²) < 4.78 is 18.3. The summed E-state index contributed by atoms with van der Waals surface area (Å²) in [6.07, 6.45) is 0.693. The SMILES string of the molecule is C[C@H]1CCOCCN1C(=O)C(=O)Nc1cccc(F)c1. The first-order chi connectivity index (χ1) is 9.58. The molecule has 2 amide bonds. The van der Waals surface area contributed by atoms with Gasteiger partial charge >= 0.3 is 11.8 Å². The van der Waals surface area contributed by atoms with Gasteiger partial charge in [-0.1, -0.05) is 6.07 Å². The predicted molar refractivity (Wildman–Crippen MR) is 71.6 cm³/mol. The number of ether oxygens (including phenoxy) is 1. The molecule has 0 aliphatic carbocycles. The van der Waals surface area contributed by atoms with Crippen molar-refractivity contribution in [2.24, 2.45) is 0 Å². The molecule has 0 bridgehead atoms. The number of hydrogen-bond donors (Lipinski definition) is 1. The second kappa shape index (κ2) is 6.47. The fraction of sp³-hybridized carbons (Fsp3) is 0.429. The molecule has 1 aliphatic rings. The van der Waals surface area contributed by atoms with E-state index >= 15 is 0 Å². The molecule has 2 rings (SSSR count). The third kappa shape index (κ3) is 3.54. The first-order valence-electron chi connectivity index (χ1n) is 6.53. The second-order valence-electron chi connectivity index (χ2n) is 4.71. The van der Waals surface area contributed by atoms with Crippen molar-refractivity contribution in [3.63, 3.8) is 0 Å². The molecule has 0 unspecified atom stereocenters. The fourth-order valence-electron chi connectivity index (χ4n) is 2.08. The summed E-state index contributed by atoms with van der Waals surface area (Å²) in [4.78, 5) is 25.5. The van der Waals surface area contributed by atoms with Crippen LogP contribution in [0, 0.1) is 5.82 Å². The monoisotopic (exact) mass is 280 g/mol. The molecule has 1 N–H and O–H groups in total. The minimum Gasteiger partial charge on any atom is -0.380 e. The van der Waals surface area contributed by atoms with Crippen molar-refractivity contribution in [2.45, 2.75) is 19.4 Å². The van der Waals surface area contributed by atoms with Crippen LogP contribution in [0.25, 0.3) is 0 Å². The lowest BCUT2D eigenvalue weighted by molar-refractivity contribution is -0.144. The Morgan fingerprint density at radius 1 is 1.40 bits per heavy atom. The lowest BCUT2D eigenvalue weighted by Gasteiger charge is -2.25. The van der Waals surface area contributed by atoms with Crippen LogP contribution in [-0.2, 0) is 14.3 Å². The molecule has 108 valence electrons. The van der Waals surface area contributed by atoms with Gasteiger partial charge in [0.15, 0.2) is 0 Å². The molecule has 1 saturated heterocycles. The Kier molecular flexibility index (Phi) is 4.68. The van der Waals surface area contributed by atoms with Gasteiger partial charge in [0.05, 0.1) is 6.61 Å². The van der Waals surface area contributed by atoms with Crippen LogP contribution in [0.2, 0.25) is 0 Å². The summed E-state index contributed by atoms with van der Waals surface area (Å²) in [7, 11) is 0. The minimum absolute atomic E-state index is 0.0525. The van der Waals surface area contributed by atoms with Crippen LogP contribution in [0.3, 0.4) is 0 Å². The number of halogens is 1. The number of nitrogens with one attached hydrogen (secondary N) is 1. The molecular formula is C14H17FN2O3. The van der Waals surface area contributed by atoms with Crippen LogP contribution in [0.4, 0.5) is 10.1 Å². The van der Waals surface area contributed by atoms with Gasteiger partial charge in [-0.2, -0.15) is 0 Å². The van der Waals surface area contributed by atoms with Gasteiger partial charge in [-0.15, -0.1) is 0 Å². The summed E-state index contributed by atoms with van der Waals surface area (Å²) in [5.74, 6) is -1.84. The zero-order valence-electron chi connectivity index (χ0n) is 11.3. The number of nitrogens with zero attached hydrogens (tertiary/aromatic N) is 1. The molecule has 1 aliphatic heterocycles. The molecule has 6 heteroatoms. The Balaban J connectivity index is 2.02. The lowest BCUT2D eigenvalue weighted by atomic mass is 10.2. The standard InChI is InChI=1S/C14H17FN2O3/c1-10-5-7-20-8-6-17(10)14(19)13(18)16-12-4-2-3-11(15)9-12/h2-4,9-10H,5-8H2,1H3,(H,16,18)/t10-/m0/s1. The average Bonchev–Trinajstić information content (AvgIpc) is 2.62. The largest absolute Gasteiger partial charge is 0.380 e. The van der Waals surface area contributed by atoms with Gasteiger partial charge in [0.2, 0.25) is 0 Å². The molecule has 20 heavy (non-hydrogen) atoms. The maximum atomic E-state index is 13.0. The van der Waals surface area contributed by atoms with E-state index in [0.717, 1.165) is 0 Å². The van der Waals surface area contributed by atoms with Crippen molar-refractivity contribution < 1.29 is 18.7 Å². The van der Waals surface area contributed by atoms with E-state index in [2.05, 4.69) is 5.32 Å². The van der Waals surface area contributed by atoms with E-state index in [-0.39, 0.29) is 11.7 Å². The van der Waals surface area contributed by atoms with Crippen LogP contribution >= 0.6 is 0 Å². The van der Waals surface area contributed by atoms with Crippen molar-refractivity contribution in [2.75, 3.05) is 25.1 Å². The highest BCUT2D eigenvalue weighted by atomic mass is 19.1. The van der Waals surface area contributed by atoms with Gasteiger partial charge in [0, 0.05) is 24.9 Å². The molecule has 0 radical (unpaired) electrons. The number of carbonyl (C=O) groups excluding carboxylic acids is 2. The number of anilines is 1. The van der Waals surface area contributed by atoms with E-state index < -0.39 is 17.6 Å². The number of rotatable bonds is 1. The van der Waals surface area contributed by atoms with Crippen LogP contribution < -0.4 is 5.32 Å². The fourth-order valence-corrected chi connectivity index (χ4v) is 2.08. The Morgan fingerprint density at radius 3 is 2.95 bits per heavy atom. The summed E-state index contributed by atoms with van der Waals surface area (Å²) in [5.41, 5.74) is 0.266. The lowest BCUT2D eigenvalue weighted by Crippen LogP contribution is -2.45. The van der Waals surface area contributed by atoms with E-state index in [1.54, 1.807) is 0 Å². The summed E-state index contributed by atoms with van der Waals surface area (Å²) in [6.45, 7) is 3.26. The number of carbonyl (C=O) groups is 2. The van der Waals surface area contributed by atoms with Gasteiger partial charge in [-0.05, 0) is 31.5 Å². The van der Waals surface area contributed by atoms with Crippen molar-refractivity contribution in [3.8, 4) is 0 Å². The number of hydrogen-bond acceptors (Lipinski definition) is 3. The maximum absolute atomic E-state index is 13.0. The highest BCUT2D eigenvalue weighted by molar-refractivity contribution is 6.39. The molecule has 0 spiro atoms. The quantitative estimate of drug-likeness (QED) is 0.791. The minimum atomic E-state index is -0.760. The topological polar surface area (TPSA) is 58.6 Å². The third-order valence-electron chi connectivity index (χ3n) is 3.23. The second-order valence-corrected chi connectivity index (χ2v) is 4.71. The van der Waals surface area contributed by atoms with Crippen molar-refractivity contribution in [1.29, 1.82) is 0 Å². The van der Waals surface area contributed by atoms with Gasteiger partial charge in [-0.3, -0.25) is 9.59 Å². The maximum Gasteiger partial charge on any atom is 0.313 e. The van der Waals surface area contributed by atoms with E-state index in [0.29, 0.717) is 26.2 Å². The molecule has 0 aromatic heterocycles. The third-order valence-corrected chi connectivity index (χ3v) is 3.23. The first-order valence-corrected chi connectivity index (χ1v) is 6.53. The molecule has 1 fully saturated rings. The summed E-state index contributed by atoms with van der Waals surface area (Å²) >= 11 is 0. The Labute approximate surface area is 116 Å². The van der Waals surface area contributed by atoms with Gasteiger partial charge < -0.3 is 15.0 Å². The van der Waals surface area contributed by atoms with E-state index in [1.165, 1.54) is 29.2 Å². The normalized spacial score (nSPS) is 19.3. The van der Waals surface area contributed by atoms with E-state index in [9.17, 15) is 14.0 Å². The first kappa shape index (κ1) is 14.5. The Bertz CT molecular complexity index is 507. The van der Waals surface area contributed by atoms with E-state index in [4.69, 9.17) is 4.74 Å². The highest BCUT2D eigenvalue weighted by Crippen LogP contribution is 2.12. The van der Waals surface area contributed by atoms with Gasteiger partial charge in [0.25, 0.3) is 0 Å². The van der Waals surface area contributed by atoms with Gasteiger partial charge in [-0.25, -0.2) is 4.39 Å². The molecule has 1 aromatic carbocycles.